The van der Waals surface area contributed by atoms with Crippen LogP contribution >= 0.6 is 0 Å². The van der Waals surface area contributed by atoms with Crippen LogP contribution in [0.5, 0.6) is 0 Å². The van der Waals surface area contributed by atoms with Gasteiger partial charge in [-0.05, 0) is 42.3 Å². The van der Waals surface area contributed by atoms with Crippen LogP contribution in [0.25, 0.3) is 0 Å². The summed E-state index contributed by atoms with van der Waals surface area (Å²) >= 11 is 0. The summed E-state index contributed by atoms with van der Waals surface area (Å²) in [4.78, 5) is 10.6. The summed E-state index contributed by atoms with van der Waals surface area (Å²) in [5.74, 6) is -1.50. The number of carbonyl (C=O) groups excluding carboxylic acids is 1. The van der Waals surface area contributed by atoms with Gasteiger partial charge in [-0.3, -0.25) is 4.72 Å². The lowest BCUT2D eigenvalue weighted by Gasteiger charge is -2.15. The van der Waals surface area contributed by atoms with Crippen LogP contribution in [0.1, 0.15) is 15.9 Å². The molecule has 0 aliphatic carbocycles. The quantitative estimate of drug-likeness (QED) is 0.753. The summed E-state index contributed by atoms with van der Waals surface area (Å²) < 4.78 is 52.8. The number of nitrogens with one attached hydrogen (secondary N) is 1. The van der Waals surface area contributed by atoms with E-state index in [2.05, 4.69) is 4.72 Å². The van der Waals surface area contributed by atoms with Gasteiger partial charge in [-0.15, -0.1) is 0 Å². The van der Waals surface area contributed by atoms with Crippen molar-refractivity contribution in [3.63, 3.8) is 0 Å². The van der Waals surface area contributed by atoms with Crippen LogP contribution in [0.3, 0.4) is 0 Å². The second kappa shape index (κ2) is 7.06. The van der Waals surface area contributed by atoms with Gasteiger partial charge in [-0.25, -0.2) is 21.1 Å². The smallest absolute Gasteiger partial charge is 0.261 e. The Kier molecular flexibility index (Phi) is 5.40. The maximum absolute atomic E-state index is 12.5. The molecule has 0 heterocycles. The Balaban J connectivity index is 2.47. The number of aromatic carboxylic acids is 1. The predicted molar refractivity (Wildman–Crippen MR) is 93.6 cm³/mol. The fourth-order valence-corrected chi connectivity index (χ4v) is 4.17. The summed E-state index contributed by atoms with van der Waals surface area (Å²) in [5, 5.41) is 10.9. The number of hydrogen-bond acceptors (Lipinski definition) is 6. The number of benzene rings is 2. The number of anilines is 1. The second-order valence-electron chi connectivity index (χ2n) is 5.68. The average Bonchev–Trinajstić information content (AvgIpc) is 2.56. The lowest BCUT2D eigenvalue weighted by atomic mass is 10.2. The minimum Gasteiger partial charge on any atom is -0.545 e. The van der Waals surface area contributed by atoms with Crippen LogP contribution in [0.4, 0.5) is 5.69 Å². The third kappa shape index (κ3) is 4.03. The van der Waals surface area contributed by atoms with Gasteiger partial charge in [0.25, 0.3) is 10.0 Å². The van der Waals surface area contributed by atoms with E-state index in [1.165, 1.54) is 50.5 Å². The minimum absolute atomic E-state index is 0.0747. The molecule has 0 saturated heterocycles. The number of sulfonamides is 2. The van der Waals surface area contributed by atoms with Crippen LogP contribution in [0, 0.1) is 6.92 Å². The monoisotopic (exact) mass is 397 g/mol. The van der Waals surface area contributed by atoms with Crippen molar-refractivity contribution in [2.75, 3.05) is 18.8 Å². The van der Waals surface area contributed by atoms with E-state index >= 15 is 0 Å². The molecule has 2 aromatic carbocycles. The van der Waals surface area contributed by atoms with E-state index in [0.717, 1.165) is 10.4 Å². The van der Waals surface area contributed by atoms with Crippen LogP contribution < -0.4 is 9.83 Å². The van der Waals surface area contributed by atoms with E-state index in [0.29, 0.717) is 5.56 Å². The first kappa shape index (κ1) is 19.9. The highest BCUT2D eigenvalue weighted by Crippen LogP contribution is 2.25. The standard InChI is InChI=1S/C16H18N2O6S2/c1-11-7-8-14(26(23,24)18(2)3)10-15(11)17-25(21,22)13-6-4-5-12(9-13)16(19)20/h4-10,17H,1-3H3,(H,19,20)/p-1. The van der Waals surface area contributed by atoms with Crippen LogP contribution in [-0.4, -0.2) is 41.2 Å². The van der Waals surface area contributed by atoms with Crippen molar-refractivity contribution in [2.45, 2.75) is 16.7 Å². The molecule has 0 spiro atoms. The predicted octanol–water partition coefficient (Wildman–Crippen LogP) is 0.410. The van der Waals surface area contributed by atoms with Crippen molar-refractivity contribution >= 4 is 31.7 Å². The van der Waals surface area contributed by atoms with Crippen molar-refractivity contribution in [3.05, 3.63) is 53.6 Å². The number of carboxylic acids is 1. The maximum Gasteiger partial charge on any atom is 0.261 e. The van der Waals surface area contributed by atoms with Crippen molar-refractivity contribution < 1.29 is 26.7 Å². The molecule has 0 fully saturated rings. The molecule has 2 aromatic rings. The zero-order valence-corrected chi connectivity index (χ0v) is 15.9. The average molecular weight is 397 g/mol. The largest absolute Gasteiger partial charge is 0.545 e. The molecule has 0 aliphatic rings. The molecule has 0 unspecified atom stereocenters. The van der Waals surface area contributed by atoms with Crippen molar-refractivity contribution in [3.8, 4) is 0 Å². The summed E-state index contributed by atoms with van der Waals surface area (Å²) in [6.07, 6.45) is 0. The van der Waals surface area contributed by atoms with Crippen molar-refractivity contribution in [2.24, 2.45) is 0 Å². The van der Waals surface area contributed by atoms with Crippen LogP contribution in [-0.2, 0) is 20.0 Å². The molecule has 0 amide bonds. The molecule has 0 atom stereocenters. The summed E-state index contributed by atoms with van der Waals surface area (Å²) in [5.41, 5.74) is 0.294. The molecular weight excluding hydrogens is 380 g/mol. The number of aryl methyl sites for hydroxylation is 1. The lowest BCUT2D eigenvalue weighted by Crippen LogP contribution is -2.23. The molecule has 0 aliphatic heterocycles. The topological polar surface area (TPSA) is 124 Å². The van der Waals surface area contributed by atoms with Crippen LogP contribution in [0.2, 0.25) is 0 Å². The van der Waals surface area contributed by atoms with Gasteiger partial charge in [0.1, 0.15) is 0 Å². The van der Waals surface area contributed by atoms with Gasteiger partial charge in [0.05, 0.1) is 21.4 Å². The van der Waals surface area contributed by atoms with E-state index in [1.807, 2.05) is 0 Å². The van der Waals surface area contributed by atoms with E-state index in [4.69, 9.17) is 0 Å². The third-order valence-electron chi connectivity index (χ3n) is 3.61. The minimum atomic E-state index is -4.12. The number of carbonyl (C=O) groups is 1. The molecule has 10 heteroatoms. The maximum atomic E-state index is 12.5. The van der Waals surface area contributed by atoms with Crippen molar-refractivity contribution in [1.82, 2.24) is 4.31 Å². The Morgan fingerprint density at radius 2 is 1.65 bits per heavy atom. The Hall–Kier alpha value is -2.43. The summed E-state index contributed by atoms with van der Waals surface area (Å²) in [7, 11) is -5.13. The first-order chi connectivity index (χ1) is 11.9. The first-order valence-electron chi connectivity index (χ1n) is 7.32. The number of nitrogens with zero attached hydrogens (tertiary/aromatic N) is 1. The molecular formula is C16H17N2O6S2-. The Morgan fingerprint density at radius 3 is 2.23 bits per heavy atom. The molecule has 0 radical (unpaired) electrons. The normalized spacial score (nSPS) is 12.2. The molecule has 26 heavy (non-hydrogen) atoms. The highest BCUT2D eigenvalue weighted by molar-refractivity contribution is 7.92. The SMILES string of the molecule is Cc1ccc(S(=O)(=O)N(C)C)cc1NS(=O)(=O)c1cccc(C(=O)[O-])c1. The second-order valence-corrected chi connectivity index (χ2v) is 9.52. The first-order valence-corrected chi connectivity index (χ1v) is 10.2. The van der Waals surface area contributed by atoms with Gasteiger partial charge < -0.3 is 9.90 Å². The molecule has 0 bridgehead atoms. The van der Waals surface area contributed by atoms with E-state index in [1.54, 1.807) is 6.92 Å². The summed E-state index contributed by atoms with van der Waals surface area (Å²) in [6, 6.07) is 8.75. The highest BCUT2D eigenvalue weighted by atomic mass is 32.2. The fourth-order valence-electron chi connectivity index (χ4n) is 2.08. The number of rotatable bonds is 6. The zero-order valence-electron chi connectivity index (χ0n) is 14.3. The molecule has 140 valence electrons. The lowest BCUT2D eigenvalue weighted by molar-refractivity contribution is -0.255. The molecule has 0 saturated carbocycles. The highest BCUT2D eigenvalue weighted by Gasteiger charge is 2.21. The number of hydrogen-bond donors (Lipinski definition) is 1. The van der Waals surface area contributed by atoms with Gasteiger partial charge >= 0.3 is 0 Å². The van der Waals surface area contributed by atoms with E-state index in [-0.39, 0.29) is 21.0 Å². The molecule has 0 aromatic heterocycles. The Bertz CT molecular complexity index is 1060. The number of carboxylic acid groups (broad SMARTS) is 1. The third-order valence-corrected chi connectivity index (χ3v) is 6.79. The van der Waals surface area contributed by atoms with E-state index < -0.39 is 26.0 Å². The Morgan fingerprint density at radius 1 is 1.00 bits per heavy atom. The molecule has 8 nitrogen and oxygen atoms in total. The molecule has 2 rings (SSSR count). The Labute approximate surface area is 152 Å². The van der Waals surface area contributed by atoms with Gasteiger partial charge in [-0.1, -0.05) is 18.2 Å². The van der Waals surface area contributed by atoms with Gasteiger partial charge in [-0.2, -0.15) is 0 Å². The zero-order chi connectivity index (χ0) is 19.7. The van der Waals surface area contributed by atoms with Gasteiger partial charge in [0.2, 0.25) is 10.0 Å². The van der Waals surface area contributed by atoms with Gasteiger partial charge in [0.15, 0.2) is 0 Å². The van der Waals surface area contributed by atoms with E-state index in [9.17, 15) is 26.7 Å². The van der Waals surface area contributed by atoms with Crippen LogP contribution in [0.15, 0.2) is 52.3 Å². The van der Waals surface area contributed by atoms with Crippen molar-refractivity contribution in [1.29, 1.82) is 0 Å². The molecule has 1 N–H and O–H groups in total. The van der Waals surface area contributed by atoms with Gasteiger partial charge in [0, 0.05) is 14.1 Å². The summed E-state index contributed by atoms with van der Waals surface area (Å²) in [6.45, 7) is 1.61. The fraction of sp³-hybridized carbons (Fsp3) is 0.188.